The van der Waals surface area contributed by atoms with Gasteiger partial charge in [0.05, 0.1) is 5.69 Å². The van der Waals surface area contributed by atoms with E-state index >= 15 is 0 Å². The van der Waals surface area contributed by atoms with Gasteiger partial charge in [0.2, 0.25) is 5.91 Å². The molecule has 0 aliphatic carbocycles. The maximum Gasteiger partial charge on any atom is 0.226 e. The molecule has 3 rings (SSSR count). The zero-order chi connectivity index (χ0) is 18.5. The molecule has 0 saturated carbocycles. The van der Waals surface area contributed by atoms with Crippen LogP contribution in [0.5, 0.6) is 0 Å². The third-order valence-corrected chi connectivity index (χ3v) is 4.33. The number of anilines is 3. The molecule has 0 unspecified atom stereocenters. The number of carbonyl (C=O) groups is 1. The molecule has 0 radical (unpaired) electrons. The molecule has 0 spiro atoms. The summed E-state index contributed by atoms with van der Waals surface area (Å²) in [5.41, 5.74) is 1.68. The normalized spacial score (nSPS) is 13.7. The van der Waals surface area contributed by atoms with Crippen molar-refractivity contribution in [1.29, 1.82) is 0 Å². The Morgan fingerprint density at radius 2 is 1.65 bits per heavy atom. The minimum atomic E-state index is -1.60. The van der Waals surface area contributed by atoms with Crippen LogP contribution in [0.15, 0.2) is 36.4 Å². The van der Waals surface area contributed by atoms with Gasteiger partial charge in [0, 0.05) is 37.4 Å². The Morgan fingerprint density at radius 1 is 0.962 bits per heavy atom. The Bertz CT molecular complexity index is 774. The summed E-state index contributed by atoms with van der Waals surface area (Å²) in [6, 6.07) is 9.72. The molecule has 0 aromatic heterocycles. The van der Waals surface area contributed by atoms with Crippen LogP contribution < -0.4 is 15.5 Å². The van der Waals surface area contributed by atoms with Crippen LogP contribution in [-0.2, 0) is 4.79 Å². The van der Waals surface area contributed by atoms with Crippen LogP contribution in [0, 0.1) is 17.5 Å². The van der Waals surface area contributed by atoms with Crippen LogP contribution in [0.25, 0.3) is 0 Å². The predicted molar refractivity (Wildman–Crippen MR) is 95.9 cm³/mol. The molecule has 0 bridgehead atoms. The van der Waals surface area contributed by atoms with Crippen molar-refractivity contribution >= 4 is 23.0 Å². The Labute approximate surface area is 150 Å². The molecular weight excluding hydrogens is 343 g/mol. The Morgan fingerprint density at radius 3 is 2.35 bits per heavy atom. The highest BCUT2D eigenvalue weighted by Crippen LogP contribution is 2.22. The Balaban J connectivity index is 1.47. The van der Waals surface area contributed by atoms with E-state index in [9.17, 15) is 18.0 Å². The number of rotatable bonds is 6. The van der Waals surface area contributed by atoms with Gasteiger partial charge in [-0.1, -0.05) is 0 Å². The molecule has 2 N–H and O–H groups in total. The lowest BCUT2D eigenvalue weighted by atomic mass is 10.2. The fourth-order valence-corrected chi connectivity index (χ4v) is 2.92. The van der Waals surface area contributed by atoms with Crippen molar-refractivity contribution in [3.8, 4) is 0 Å². The first-order chi connectivity index (χ1) is 12.5. The van der Waals surface area contributed by atoms with Gasteiger partial charge in [0.1, 0.15) is 0 Å². The number of carbonyl (C=O) groups excluding carboxylic acids is 1. The third-order valence-electron chi connectivity index (χ3n) is 4.33. The van der Waals surface area contributed by atoms with E-state index < -0.39 is 23.4 Å². The summed E-state index contributed by atoms with van der Waals surface area (Å²) >= 11 is 0. The first-order valence-electron chi connectivity index (χ1n) is 8.57. The number of benzene rings is 2. The van der Waals surface area contributed by atoms with Crippen LogP contribution in [-0.4, -0.2) is 25.5 Å². The SMILES string of the molecule is O=C(CCNc1ccc(N2CCCC2)cc1)Nc1ccc(F)c(F)c1F. The van der Waals surface area contributed by atoms with Gasteiger partial charge in [-0.2, -0.15) is 0 Å². The van der Waals surface area contributed by atoms with Crippen molar-refractivity contribution < 1.29 is 18.0 Å². The molecule has 2 aromatic rings. The van der Waals surface area contributed by atoms with Crippen molar-refractivity contribution in [2.45, 2.75) is 19.3 Å². The van der Waals surface area contributed by atoms with E-state index in [1.807, 2.05) is 24.3 Å². The van der Waals surface area contributed by atoms with Crippen LogP contribution in [0.4, 0.5) is 30.2 Å². The van der Waals surface area contributed by atoms with Gasteiger partial charge < -0.3 is 15.5 Å². The number of hydrogen-bond donors (Lipinski definition) is 2. The molecule has 26 heavy (non-hydrogen) atoms. The lowest BCUT2D eigenvalue weighted by molar-refractivity contribution is -0.116. The fourth-order valence-electron chi connectivity index (χ4n) is 2.92. The molecule has 7 heteroatoms. The van der Waals surface area contributed by atoms with Crippen molar-refractivity contribution in [2.24, 2.45) is 0 Å². The second-order valence-corrected chi connectivity index (χ2v) is 6.19. The standard InChI is InChI=1S/C19H20F3N3O/c20-15-7-8-16(19(22)18(15)21)24-17(26)9-10-23-13-3-5-14(6-4-13)25-11-1-2-12-25/h3-8,23H,1-2,9-12H2,(H,24,26). The highest BCUT2D eigenvalue weighted by Gasteiger charge is 2.15. The van der Waals surface area contributed by atoms with E-state index in [1.54, 1.807) is 0 Å². The summed E-state index contributed by atoms with van der Waals surface area (Å²) in [4.78, 5) is 14.2. The molecule has 1 aliphatic heterocycles. The molecule has 2 aromatic carbocycles. The fraction of sp³-hybridized carbons (Fsp3) is 0.316. The number of nitrogens with one attached hydrogen (secondary N) is 2. The Kier molecular flexibility index (Phi) is 5.65. The minimum Gasteiger partial charge on any atom is -0.385 e. The molecule has 1 fully saturated rings. The van der Waals surface area contributed by atoms with Gasteiger partial charge >= 0.3 is 0 Å². The molecule has 138 valence electrons. The molecule has 4 nitrogen and oxygen atoms in total. The summed E-state index contributed by atoms with van der Waals surface area (Å²) in [7, 11) is 0. The van der Waals surface area contributed by atoms with Crippen LogP contribution in [0.2, 0.25) is 0 Å². The maximum atomic E-state index is 13.5. The van der Waals surface area contributed by atoms with Gasteiger partial charge in [0.25, 0.3) is 0 Å². The smallest absolute Gasteiger partial charge is 0.226 e. The lowest BCUT2D eigenvalue weighted by Crippen LogP contribution is -2.18. The maximum absolute atomic E-state index is 13.5. The molecule has 1 heterocycles. The van der Waals surface area contributed by atoms with Crippen molar-refractivity contribution in [3.63, 3.8) is 0 Å². The topological polar surface area (TPSA) is 44.4 Å². The number of halogens is 3. The van der Waals surface area contributed by atoms with E-state index in [1.165, 1.54) is 18.5 Å². The van der Waals surface area contributed by atoms with Crippen LogP contribution in [0.3, 0.4) is 0 Å². The van der Waals surface area contributed by atoms with Crippen molar-refractivity contribution in [3.05, 3.63) is 53.8 Å². The van der Waals surface area contributed by atoms with E-state index in [2.05, 4.69) is 15.5 Å². The predicted octanol–water partition coefficient (Wildman–Crippen LogP) is 4.14. The molecule has 1 amide bonds. The van der Waals surface area contributed by atoms with E-state index in [0.29, 0.717) is 6.54 Å². The summed E-state index contributed by atoms with van der Waals surface area (Å²) in [6.07, 6.45) is 2.49. The van der Waals surface area contributed by atoms with E-state index in [4.69, 9.17) is 0 Å². The van der Waals surface area contributed by atoms with Gasteiger partial charge in [0.15, 0.2) is 17.5 Å². The lowest BCUT2D eigenvalue weighted by Gasteiger charge is -2.18. The summed E-state index contributed by atoms with van der Waals surface area (Å²) < 4.78 is 39.5. The van der Waals surface area contributed by atoms with Crippen LogP contribution in [0.1, 0.15) is 19.3 Å². The van der Waals surface area contributed by atoms with Crippen molar-refractivity contribution in [2.75, 3.05) is 35.2 Å². The second kappa shape index (κ2) is 8.12. The second-order valence-electron chi connectivity index (χ2n) is 6.19. The van der Waals surface area contributed by atoms with Crippen LogP contribution >= 0.6 is 0 Å². The first kappa shape index (κ1) is 18.1. The first-order valence-corrected chi connectivity index (χ1v) is 8.57. The number of hydrogen-bond acceptors (Lipinski definition) is 3. The summed E-state index contributed by atoms with van der Waals surface area (Å²) in [5, 5.41) is 5.35. The summed E-state index contributed by atoms with van der Waals surface area (Å²) in [6.45, 7) is 2.49. The average molecular weight is 363 g/mol. The van der Waals surface area contributed by atoms with Gasteiger partial charge in [-0.3, -0.25) is 4.79 Å². The van der Waals surface area contributed by atoms with Gasteiger partial charge in [-0.15, -0.1) is 0 Å². The van der Waals surface area contributed by atoms with Crippen molar-refractivity contribution in [1.82, 2.24) is 0 Å². The summed E-state index contributed by atoms with van der Waals surface area (Å²) in [5.74, 6) is -4.78. The average Bonchev–Trinajstić information content (AvgIpc) is 3.17. The highest BCUT2D eigenvalue weighted by atomic mass is 19.2. The molecular formula is C19H20F3N3O. The third kappa shape index (κ3) is 4.28. The van der Waals surface area contributed by atoms with Gasteiger partial charge in [-0.25, -0.2) is 13.2 Å². The molecule has 1 aliphatic rings. The Hall–Kier alpha value is -2.70. The zero-order valence-corrected chi connectivity index (χ0v) is 14.2. The molecule has 1 saturated heterocycles. The number of nitrogens with zero attached hydrogens (tertiary/aromatic N) is 1. The largest absolute Gasteiger partial charge is 0.385 e. The number of amides is 1. The minimum absolute atomic E-state index is 0.0618. The monoisotopic (exact) mass is 363 g/mol. The zero-order valence-electron chi connectivity index (χ0n) is 14.2. The van der Waals surface area contributed by atoms with E-state index in [-0.39, 0.29) is 12.1 Å². The van der Waals surface area contributed by atoms with E-state index in [0.717, 1.165) is 30.9 Å². The quantitative estimate of drug-likeness (QED) is 0.758. The highest BCUT2D eigenvalue weighted by molar-refractivity contribution is 5.91. The molecule has 0 atom stereocenters. The van der Waals surface area contributed by atoms with Gasteiger partial charge in [-0.05, 0) is 49.2 Å².